The molecule has 0 aliphatic carbocycles. The number of hydrogen-bond donors (Lipinski definition) is 0. The van der Waals surface area contributed by atoms with E-state index < -0.39 is 0 Å². The molecule has 13 heavy (non-hydrogen) atoms. The molecule has 1 aliphatic rings. The molecular weight excluding hydrogens is 252 g/mol. The van der Waals surface area contributed by atoms with Crippen LogP contribution in [-0.4, -0.2) is 28.9 Å². The van der Waals surface area contributed by atoms with Crippen LogP contribution in [0.5, 0.6) is 0 Å². The molecule has 0 radical (unpaired) electrons. The molecule has 1 amide bonds. The normalized spacial score (nSPS) is 16.5. The van der Waals surface area contributed by atoms with Crippen LogP contribution in [0.4, 0.5) is 0 Å². The number of rotatable bonds is 1. The van der Waals surface area contributed by atoms with Gasteiger partial charge in [0, 0.05) is 18.5 Å². The molecule has 0 N–H and O–H groups in total. The van der Waals surface area contributed by atoms with Crippen molar-refractivity contribution in [3.63, 3.8) is 0 Å². The molecular formula is C8H9BrN2OS. The molecule has 1 aliphatic heterocycles. The number of halogens is 1. The van der Waals surface area contributed by atoms with E-state index in [9.17, 15) is 4.79 Å². The molecule has 0 unspecified atom stereocenters. The molecule has 3 nitrogen and oxygen atoms in total. The highest BCUT2D eigenvalue weighted by Gasteiger charge is 2.21. The fourth-order valence-corrected chi connectivity index (χ4v) is 2.63. The van der Waals surface area contributed by atoms with E-state index in [-0.39, 0.29) is 5.91 Å². The molecule has 1 fully saturated rings. The van der Waals surface area contributed by atoms with Crippen LogP contribution in [0.1, 0.15) is 22.6 Å². The highest BCUT2D eigenvalue weighted by Crippen LogP contribution is 2.18. The molecule has 0 saturated carbocycles. The number of aromatic nitrogens is 1. The van der Waals surface area contributed by atoms with Crippen molar-refractivity contribution in [1.29, 1.82) is 0 Å². The Labute approximate surface area is 88.9 Å². The van der Waals surface area contributed by atoms with Crippen molar-refractivity contribution in [2.45, 2.75) is 12.8 Å². The lowest BCUT2D eigenvalue weighted by Gasteiger charge is -2.12. The molecule has 1 aromatic rings. The molecule has 0 spiro atoms. The Morgan fingerprint density at radius 2 is 2.23 bits per heavy atom. The summed E-state index contributed by atoms with van der Waals surface area (Å²) in [6.45, 7) is 1.77. The minimum absolute atomic E-state index is 0.0770. The van der Waals surface area contributed by atoms with Gasteiger partial charge in [0.1, 0.15) is 4.60 Å². The van der Waals surface area contributed by atoms with Crippen molar-refractivity contribution < 1.29 is 4.79 Å². The second-order valence-electron chi connectivity index (χ2n) is 2.97. The monoisotopic (exact) mass is 260 g/mol. The Hall–Kier alpha value is -0.420. The van der Waals surface area contributed by atoms with E-state index in [1.54, 1.807) is 0 Å². The quantitative estimate of drug-likeness (QED) is 0.776. The van der Waals surface area contributed by atoms with Crippen LogP contribution in [0, 0.1) is 0 Å². The van der Waals surface area contributed by atoms with Gasteiger partial charge in [-0.3, -0.25) is 4.79 Å². The van der Waals surface area contributed by atoms with Gasteiger partial charge in [0.15, 0.2) is 5.01 Å². The van der Waals surface area contributed by atoms with E-state index in [0.717, 1.165) is 30.5 Å². The van der Waals surface area contributed by atoms with Crippen molar-refractivity contribution in [3.8, 4) is 0 Å². The van der Waals surface area contributed by atoms with E-state index in [0.29, 0.717) is 5.01 Å². The number of hydrogen-bond acceptors (Lipinski definition) is 3. The second kappa shape index (κ2) is 3.75. The average Bonchev–Trinajstić information content (AvgIpc) is 2.72. The predicted molar refractivity (Wildman–Crippen MR) is 55.0 cm³/mol. The number of nitrogens with zero attached hydrogens (tertiary/aromatic N) is 2. The van der Waals surface area contributed by atoms with Gasteiger partial charge in [-0.2, -0.15) is 0 Å². The van der Waals surface area contributed by atoms with Crippen LogP contribution < -0.4 is 0 Å². The molecule has 70 valence electrons. The van der Waals surface area contributed by atoms with Crippen LogP contribution in [0.3, 0.4) is 0 Å². The van der Waals surface area contributed by atoms with Crippen LogP contribution in [0.15, 0.2) is 9.98 Å². The van der Waals surface area contributed by atoms with Gasteiger partial charge in [0.25, 0.3) is 5.91 Å². The Bertz CT molecular complexity index is 320. The summed E-state index contributed by atoms with van der Waals surface area (Å²) in [4.78, 5) is 17.7. The lowest BCUT2D eigenvalue weighted by molar-refractivity contribution is 0.0792. The summed E-state index contributed by atoms with van der Waals surface area (Å²) in [6, 6.07) is 0. The first kappa shape index (κ1) is 9.15. The Kier molecular flexibility index (Phi) is 2.64. The minimum Gasteiger partial charge on any atom is -0.337 e. The smallest absolute Gasteiger partial charge is 0.282 e. The van der Waals surface area contributed by atoms with Crippen molar-refractivity contribution in [2.75, 3.05) is 13.1 Å². The molecule has 2 rings (SSSR count). The molecule has 0 atom stereocenters. The van der Waals surface area contributed by atoms with Crippen LogP contribution in [0.25, 0.3) is 0 Å². The first-order valence-corrected chi connectivity index (χ1v) is 5.85. The second-order valence-corrected chi connectivity index (χ2v) is 4.65. The maximum atomic E-state index is 11.7. The highest BCUT2D eigenvalue weighted by molar-refractivity contribution is 9.10. The number of carbonyl (C=O) groups excluding carboxylic acids is 1. The predicted octanol–water partition coefficient (Wildman–Crippen LogP) is 2.14. The zero-order chi connectivity index (χ0) is 9.26. The number of amides is 1. The average molecular weight is 261 g/mol. The highest BCUT2D eigenvalue weighted by atomic mass is 79.9. The number of likely N-dealkylation sites (tertiary alicyclic amines) is 1. The minimum atomic E-state index is 0.0770. The lowest BCUT2D eigenvalue weighted by atomic mass is 10.4. The van der Waals surface area contributed by atoms with Gasteiger partial charge >= 0.3 is 0 Å². The van der Waals surface area contributed by atoms with E-state index in [2.05, 4.69) is 20.9 Å². The fourth-order valence-electron chi connectivity index (χ4n) is 1.41. The van der Waals surface area contributed by atoms with E-state index in [1.807, 2.05) is 10.3 Å². The van der Waals surface area contributed by atoms with E-state index >= 15 is 0 Å². The van der Waals surface area contributed by atoms with Gasteiger partial charge < -0.3 is 4.90 Å². The summed E-state index contributed by atoms with van der Waals surface area (Å²) in [6.07, 6.45) is 2.25. The van der Waals surface area contributed by atoms with Crippen molar-refractivity contribution in [2.24, 2.45) is 0 Å². The topological polar surface area (TPSA) is 33.2 Å². The lowest BCUT2D eigenvalue weighted by Crippen LogP contribution is -2.27. The summed E-state index contributed by atoms with van der Waals surface area (Å²) < 4.78 is 0.750. The van der Waals surface area contributed by atoms with Gasteiger partial charge in [0.2, 0.25) is 0 Å². The number of thiazole rings is 1. The van der Waals surface area contributed by atoms with Crippen LogP contribution in [-0.2, 0) is 0 Å². The van der Waals surface area contributed by atoms with Gasteiger partial charge in [-0.1, -0.05) is 0 Å². The SMILES string of the molecule is O=C(c1nc(Br)cs1)N1CCCC1. The molecule has 2 heterocycles. The van der Waals surface area contributed by atoms with Gasteiger partial charge in [0.05, 0.1) is 0 Å². The number of carbonyl (C=O) groups is 1. The van der Waals surface area contributed by atoms with Crippen LogP contribution >= 0.6 is 27.3 Å². The largest absolute Gasteiger partial charge is 0.337 e. The van der Waals surface area contributed by atoms with E-state index in [4.69, 9.17) is 0 Å². The zero-order valence-electron chi connectivity index (χ0n) is 6.99. The molecule has 0 bridgehead atoms. The fraction of sp³-hybridized carbons (Fsp3) is 0.500. The third-order valence-electron chi connectivity index (χ3n) is 2.05. The summed E-state index contributed by atoms with van der Waals surface area (Å²) in [5.74, 6) is 0.0770. The van der Waals surface area contributed by atoms with Crippen molar-refractivity contribution in [3.05, 3.63) is 15.0 Å². The van der Waals surface area contributed by atoms with Gasteiger partial charge in [-0.05, 0) is 28.8 Å². The third kappa shape index (κ3) is 1.91. The molecule has 5 heteroatoms. The van der Waals surface area contributed by atoms with Crippen LogP contribution in [0.2, 0.25) is 0 Å². The van der Waals surface area contributed by atoms with Gasteiger partial charge in [-0.15, -0.1) is 11.3 Å². The maximum absolute atomic E-state index is 11.7. The third-order valence-corrected chi connectivity index (χ3v) is 3.59. The Morgan fingerprint density at radius 1 is 1.54 bits per heavy atom. The Morgan fingerprint density at radius 3 is 2.77 bits per heavy atom. The van der Waals surface area contributed by atoms with E-state index in [1.165, 1.54) is 11.3 Å². The Balaban J connectivity index is 2.12. The zero-order valence-corrected chi connectivity index (χ0v) is 9.40. The van der Waals surface area contributed by atoms with Crippen molar-refractivity contribution >= 4 is 33.2 Å². The molecule has 1 aromatic heterocycles. The summed E-state index contributed by atoms with van der Waals surface area (Å²) >= 11 is 4.63. The first-order valence-electron chi connectivity index (χ1n) is 4.17. The van der Waals surface area contributed by atoms with Crippen molar-refractivity contribution in [1.82, 2.24) is 9.88 Å². The summed E-state index contributed by atoms with van der Waals surface area (Å²) in [5, 5.41) is 2.43. The summed E-state index contributed by atoms with van der Waals surface area (Å²) in [5.41, 5.74) is 0. The summed E-state index contributed by atoms with van der Waals surface area (Å²) in [7, 11) is 0. The maximum Gasteiger partial charge on any atom is 0.282 e. The first-order chi connectivity index (χ1) is 6.27. The molecule has 0 aromatic carbocycles. The molecule has 1 saturated heterocycles. The van der Waals surface area contributed by atoms with Gasteiger partial charge in [-0.25, -0.2) is 4.98 Å². The standard InChI is InChI=1S/C8H9BrN2OS/c9-6-5-13-7(10-6)8(12)11-3-1-2-4-11/h5H,1-4H2.